The smallest absolute Gasteiger partial charge is 0.127 e. The van der Waals surface area contributed by atoms with E-state index in [1.165, 1.54) is 0 Å². The van der Waals surface area contributed by atoms with Crippen LogP contribution in [0.4, 0.5) is 0 Å². The van der Waals surface area contributed by atoms with E-state index in [4.69, 9.17) is 9.47 Å². The number of methoxy groups -OCH3 is 2. The van der Waals surface area contributed by atoms with Crippen LogP contribution < -0.4 is 14.8 Å². The Bertz CT molecular complexity index is 377. The molecule has 1 saturated heterocycles. The number of halogens is 2. The number of hydrogen-bond acceptors (Lipinski definition) is 4. The van der Waals surface area contributed by atoms with Crippen molar-refractivity contribution in [2.45, 2.75) is 13.0 Å². The van der Waals surface area contributed by atoms with Gasteiger partial charge in [-0.05, 0) is 19.1 Å². The minimum atomic E-state index is 0. The molecular formula is C14H24Cl2N2O2. The molecular weight excluding hydrogens is 299 g/mol. The van der Waals surface area contributed by atoms with Crippen LogP contribution in [0.2, 0.25) is 0 Å². The van der Waals surface area contributed by atoms with E-state index in [0.717, 1.165) is 43.2 Å². The summed E-state index contributed by atoms with van der Waals surface area (Å²) in [6.45, 7) is 6.42. The van der Waals surface area contributed by atoms with E-state index in [9.17, 15) is 0 Å². The highest BCUT2D eigenvalue weighted by molar-refractivity contribution is 5.85. The lowest BCUT2D eigenvalue weighted by atomic mass is 10.0. The van der Waals surface area contributed by atoms with Crippen LogP contribution in [0.15, 0.2) is 18.2 Å². The molecule has 1 atom stereocenters. The number of nitrogens with zero attached hydrogens (tertiary/aromatic N) is 1. The summed E-state index contributed by atoms with van der Waals surface area (Å²) < 4.78 is 11.0. The van der Waals surface area contributed by atoms with Crippen molar-refractivity contribution in [3.05, 3.63) is 23.8 Å². The second-order valence-corrected chi connectivity index (χ2v) is 4.54. The predicted octanol–water partition coefficient (Wildman–Crippen LogP) is 2.51. The predicted molar refractivity (Wildman–Crippen MR) is 86.9 cm³/mol. The number of hydrogen-bond donors (Lipinski definition) is 1. The van der Waals surface area contributed by atoms with Gasteiger partial charge in [-0.15, -0.1) is 24.8 Å². The summed E-state index contributed by atoms with van der Waals surface area (Å²) in [6, 6.07) is 6.26. The van der Waals surface area contributed by atoms with Crippen molar-refractivity contribution in [1.82, 2.24) is 10.2 Å². The van der Waals surface area contributed by atoms with Gasteiger partial charge in [-0.25, -0.2) is 0 Å². The van der Waals surface area contributed by atoms with Crippen LogP contribution in [0.1, 0.15) is 18.5 Å². The maximum atomic E-state index is 5.48. The van der Waals surface area contributed by atoms with Gasteiger partial charge in [0.25, 0.3) is 0 Å². The fourth-order valence-electron chi connectivity index (χ4n) is 2.54. The lowest BCUT2D eigenvalue weighted by molar-refractivity contribution is 0.179. The Morgan fingerprint density at radius 2 is 1.55 bits per heavy atom. The molecule has 1 aromatic carbocycles. The number of piperazine rings is 1. The first kappa shape index (κ1) is 19.3. The molecule has 2 rings (SSSR count). The van der Waals surface area contributed by atoms with Gasteiger partial charge in [0, 0.05) is 32.2 Å². The minimum Gasteiger partial charge on any atom is -0.496 e. The van der Waals surface area contributed by atoms with Gasteiger partial charge < -0.3 is 14.8 Å². The monoisotopic (exact) mass is 322 g/mol. The number of nitrogens with one attached hydrogen (secondary N) is 1. The standard InChI is InChI=1S/C14H22N2O2.2ClH/c1-11(16-9-7-15-8-10-16)14-12(17-2)5-4-6-13(14)18-3;;/h4-6,11,15H,7-10H2,1-3H3;2*1H/t11-;;/m1../s1. The highest BCUT2D eigenvalue weighted by atomic mass is 35.5. The van der Waals surface area contributed by atoms with Crippen molar-refractivity contribution < 1.29 is 9.47 Å². The molecule has 1 aliphatic heterocycles. The topological polar surface area (TPSA) is 33.7 Å². The van der Waals surface area contributed by atoms with Crippen LogP contribution in [0, 0.1) is 0 Å². The Hall–Kier alpha value is -0.680. The molecule has 1 aromatic rings. The fraction of sp³-hybridized carbons (Fsp3) is 0.571. The first-order chi connectivity index (χ1) is 8.77. The van der Waals surface area contributed by atoms with E-state index in [1.54, 1.807) is 14.2 Å². The molecule has 0 saturated carbocycles. The van der Waals surface area contributed by atoms with E-state index < -0.39 is 0 Å². The van der Waals surface area contributed by atoms with Crippen molar-refractivity contribution in [3.8, 4) is 11.5 Å². The van der Waals surface area contributed by atoms with Gasteiger partial charge in [-0.3, -0.25) is 4.90 Å². The van der Waals surface area contributed by atoms with Gasteiger partial charge in [-0.2, -0.15) is 0 Å². The Balaban J connectivity index is 0.00000180. The summed E-state index contributed by atoms with van der Waals surface area (Å²) in [5, 5.41) is 3.37. The van der Waals surface area contributed by atoms with Crippen molar-refractivity contribution in [1.29, 1.82) is 0 Å². The summed E-state index contributed by atoms with van der Waals surface area (Å²) in [5.74, 6) is 1.81. The highest BCUT2D eigenvalue weighted by Gasteiger charge is 2.23. The van der Waals surface area contributed by atoms with Crippen LogP contribution in [0.5, 0.6) is 11.5 Å². The molecule has 1 N–H and O–H groups in total. The summed E-state index contributed by atoms with van der Waals surface area (Å²) in [6.07, 6.45) is 0. The SMILES string of the molecule is COc1cccc(OC)c1[C@@H](C)N1CCNCC1.Cl.Cl. The second-order valence-electron chi connectivity index (χ2n) is 4.54. The van der Waals surface area contributed by atoms with Crippen LogP contribution in [-0.4, -0.2) is 45.3 Å². The average Bonchev–Trinajstić information content (AvgIpc) is 2.46. The Morgan fingerprint density at radius 3 is 2.00 bits per heavy atom. The highest BCUT2D eigenvalue weighted by Crippen LogP contribution is 2.36. The lowest BCUT2D eigenvalue weighted by Crippen LogP contribution is -2.44. The Morgan fingerprint density at radius 1 is 1.05 bits per heavy atom. The third-order valence-corrected chi connectivity index (χ3v) is 3.58. The molecule has 1 aliphatic rings. The summed E-state index contributed by atoms with van der Waals surface area (Å²) >= 11 is 0. The normalized spacial score (nSPS) is 16.6. The molecule has 0 bridgehead atoms. The van der Waals surface area contributed by atoms with Gasteiger partial charge in [0.1, 0.15) is 11.5 Å². The van der Waals surface area contributed by atoms with Gasteiger partial charge in [0.15, 0.2) is 0 Å². The van der Waals surface area contributed by atoms with E-state index in [1.807, 2.05) is 18.2 Å². The molecule has 20 heavy (non-hydrogen) atoms. The molecule has 0 unspecified atom stereocenters. The van der Waals surface area contributed by atoms with Crippen molar-refractivity contribution >= 4 is 24.8 Å². The van der Waals surface area contributed by atoms with Gasteiger partial charge in [0.2, 0.25) is 0 Å². The summed E-state index contributed by atoms with van der Waals surface area (Å²) in [5.41, 5.74) is 1.14. The fourth-order valence-corrected chi connectivity index (χ4v) is 2.54. The van der Waals surface area contributed by atoms with E-state index in [0.29, 0.717) is 6.04 Å². The third-order valence-electron chi connectivity index (χ3n) is 3.58. The summed E-state index contributed by atoms with van der Waals surface area (Å²) in [7, 11) is 3.42. The maximum absolute atomic E-state index is 5.48. The van der Waals surface area contributed by atoms with Crippen LogP contribution >= 0.6 is 24.8 Å². The van der Waals surface area contributed by atoms with Gasteiger partial charge in [0.05, 0.1) is 19.8 Å². The van der Waals surface area contributed by atoms with Crippen LogP contribution in [0.25, 0.3) is 0 Å². The zero-order chi connectivity index (χ0) is 13.0. The Labute approximate surface area is 133 Å². The zero-order valence-electron chi connectivity index (χ0n) is 12.2. The molecule has 0 aliphatic carbocycles. The minimum absolute atomic E-state index is 0. The molecule has 116 valence electrons. The second kappa shape index (κ2) is 9.29. The molecule has 4 nitrogen and oxygen atoms in total. The van der Waals surface area contributed by atoms with E-state index in [-0.39, 0.29) is 24.8 Å². The van der Waals surface area contributed by atoms with E-state index in [2.05, 4.69) is 17.1 Å². The molecule has 0 radical (unpaired) electrons. The number of ether oxygens (including phenoxy) is 2. The van der Waals surface area contributed by atoms with Crippen molar-refractivity contribution in [3.63, 3.8) is 0 Å². The number of rotatable bonds is 4. The largest absolute Gasteiger partial charge is 0.496 e. The lowest BCUT2D eigenvalue weighted by Gasteiger charge is -2.34. The molecule has 0 aromatic heterocycles. The van der Waals surface area contributed by atoms with Crippen LogP contribution in [-0.2, 0) is 0 Å². The number of benzene rings is 1. The molecule has 0 amide bonds. The molecule has 6 heteroatoms. The molecule has 1 heterocycles. The molecule has 0 spiro atoms. The quantitative estimate of drug-likeness (QED) is 0.923. The zero-order valence-corrected chi connectivity index (χ0v) is 13.9. The third kappa shape index (κ3) is 4.16. The van der Waals surface area contributed by atoms with E-state index >= 15 is 0 Å². The maximum Gasteiger partial charge on any atom is 0.127 e. The van der Waals surface area contributed by atoms with Crippen LogP contribution in [0.3, 0.4) is 0 Å². The van der Waals surface area contributed by atoms with Crippen molar-refractivity contribution in [2.24, 2.45) is 0 Å². The average molecular weight is 323 g/mol. The molecule has 1 fully saturated rings. The summed E-state index contributed by atoms with van der Waals surface area (Å²) in [4.78, 5) is 2.46. The van der Waals surface area contributed by atoms with Gasteiger partial charge in [-0.1, -0.05) is 6.07 Å². The first-order valence-electron chi connectivity index (χ1n) is 6.43. The van der Waals surface area contributed by atoms with Crippen molar-refractivity contribution in [2.75, 3.05) is 40.4 Å². The van der Waals surface area contributed by atoms with Gasteiger partial charge >= 0.3 is 0 Å². The first-order valence-corrected chi connectivity index (χ1v) is 6.43. The Kier molecular flexibility index (Phi) is 8.98.